The molecule has 280 valence electrons. The lowest BCUT2D eigenvalue weighted by atomic mass is 9.94. The average Bonchev–Trinajstić information content (AvgIpc) is 3.87. The molecule has 60 heavy (non-hydrogen) atoms. The quantitative estimate of drug-likeness (QED) is 0.169. The zero-order chi connectivity index (χ0) is 39.6. The minimum Gasteiger partial charge on any atom is -0.309 e. The van der Waals surface area contributed by atoms with Gasteiger partial charge in [0.2, 0.25) is 0 Å². The highest BCUT2D eigenvalue weighted by molar-refractivity contribution is 7.26. The van der Waals surface area contributed by atoms with Gasteiger partial charge in [-0.25, -0.2) is 15.0 Å². The van der Waals surface area contributed by atoms with E-state index in [1.807, 2.05) is 47.7 Å². The highest BCUT2D eigenvalue weighted by Crippen LogP contribution is 2.45. The maximum atomic E-state index is 5.13. The van der Waals surface area contributed by atoms with Crippen molar-refractivity contribution in [1.82, 2.24) is 19.5 Å². The summed E-state index contributed by atoms with van der Waals surface area (Å²) in [5.74, 6) is 1.97. The number of benzene rings is 9. The lowest BCUT2D eigenvalue weighted by Crippen LogP contribution is -2.00. The van der Waals surface area contributed by atoms with Gasteiger partial charge in [0.05, 0.1) is 11.0 Å². The van der Waals surface area contributed by atoms with Crippen molar-refractivity contribution in [3.63, 3.8) is 0 Å². The van der Waals surface area contributed by atoms with E-state index >= 15 is 0 Å². The Kier molecular flexibility index (Phi) is 8.00. The van der Waals surface area contributed by atoms with Gasteiger partial charge in [0, 0.05) is 53.3 Å². The van der Waals surface area contributed by atoms with E-state index in [4.69, 9.17) is 15.0 Å². The van der Waals surface area contributed by atoms with E-state index in [9.17, 15) is 0 Å². The molecule has 0 spiro atoms. The molecular formula is C55H34N4S. The molecule has 9 aromatic carbocycles. The first-order valence-electron chi connectivity index (χ1n) is 20.2. The van der Waals surface area contributed by atoms with Crippen LogP contribution in [0.1, 0.15) is 0 Å². The van der Waals surface area contributed by atoms with Crippen molar-refractivity contribution < 1.29 is 0 Å². The van der Waals surface area contributed by atoms with Crippen molar-refractivity contribution in [2.45, 2.75) is 0 Å². The Morgan fingerprint density at radius 2 is 0.917 bits per heavy atom. The minimum atomic E-state index is 0.655. The number of thiophene rings is 1. The van der Waals surface area contributed by atoms with E-state index < -0.39 is 0 Å². The van der Waals surface area contributed by atoms with Crippen molar-refractivity contribution >= 4 is 64.1 Å². The fourth-order valence-electron chi connectivity index (χ4n) is 8.89. The number of hydrogen-bond acceptors (Lipinski definition) is 4. The molecule has 0 atom stereocenters. The zero-order valence-corrected chi connectivity index (χ0v) is 33.1. The van der Waals surface area contributed by atoms with Crippen LogP contribution in [-0.2, 0) is 0 Å². The van der Waals surface area contributed by atoms with Gasteiger partial charge in [-0.1, -0.05) is 170 Å². The molecule has 0 aliphatic carbocycles. The van der Waals surface area contributed by atoms with Gasteiger partial charge >= 0.3 is 0 Å². The Morgan fingerprint density at radius 3 is 1.60 bits per heavy atom. The summed E-state index contributed by atoms with van der Waals surface area (Å²) in [6.07, 6.45) is 0. The fraction of sp³-hybridized carbons (Fsp3) is 0. The van der Waals surface area contributed by atoms with Crippen molar-refractivity contribution in [3.05, 3.63) is 206 Å². The van der Waals surface area contributed by atoms with E-state index in [2.05, 4.69) is 174 Å². The molecule has 4 nitrogen and oxygen atoms in total. The number of hydrogen-bond donors (Lipinski definition) is 0. The number of fused-ring (bicyclic) bond motifs is 8. The molecule has 12 aromatic rings. The van der Waals surface area contributed by atoms with E-state index in [0.717, 1.165) is 27.8 Å². The van der Waals surface area contributed by atoms with Crippen molar-refractivity contribution in [2.24, 2.45) is 0 Å². The Morgan fingerprint density at radius 1 is 0.317 bits per heavy atom. The Balaban J connectivity index is 1.10. The summed E-state index contributed by atoms with van der Waals surface area (Å²) in [6.45, 7) is 0. The Hall–Kier alpha value is -7.73. The maximum Gasteiger partial charge on any atom is 0.164 e. The first-order chi connectivity index (χ1) is 29.7. The van der Waals surface area contributed by atoms with Crippen LogP contribution in [0.5, 0.6) is 0 Å². The van der Waals surface area contributed by atoms with Gasteiger partial charge in [-0.05, 0) is 69.4 Å². The summed E-state index contributed by atoms with van der Waals surface area (Å²) >= 11 is 1.81. The van der Waals surface area contributed by atoms with E-state index in [1.54, 1.807) is 0 Å². The highest BCUT2D eigenvalue weighted by atomic mass is 32.1. The van der Waals surface area contributed by atoms with Crippen LogP contribution in [0.4, 0.5) is 0 Å². The lowest BCUT2D eigenvalue weighted by molar-refractivity contribution is 1.08. The second-order valence-corrected chi connectivity index (χ2v) is 16.2. The molecule has 0 radical (unpaired) electrons. The molecule has 0 aliphatic heterocycles. The molecule has 5 heteroatoms. The van der Waals surface area contributed by atoms with E-state index in [-0.39, 0.29) is 0 Å². The summed E-state index contributed by atoms with van der Waals surface area (Å²) in [4.78, 5) is 15.2. The predicted octanol–water partition coefficient (Wildman–Crippen LogP) is 14.8. The van der Waals surface area contributed by atoms with E-state index in [0.29, 0.717) is 17.5 Å². The van der Waals surface area contributed by atoms with Gasteiger partial charge in [-0.15, -0.1) is 11.3 Å². The van der Waals surface area contributed by atoms with Crippen LogP contribution in [0, 0.1) is 0 Å². The molecule has 3 aromatic heterocycles. The standard InChI is InChI=1S/C55H34N4S/c1-5-16-35(17-6-1)39-28-31-47-46(32-39)51-42-25-14-13-24-41(42)45(36-18-7-2-8-19-36)34-48(51)59(47)40-29-30-43-50(33-40)60-49-27-15-26-44(52(43)49)55-57-53(37-20-9-3-10-21-37)56-54(58-55)38-22-11-4-12-23-38/h1-34H. The van der Waals surface area contributed by atoms with Gasteiger partial charge in [-0.3, -0.25) is 0 Å². The maximum absolute atomic E-state index is 5.13. The summed E-state index contributed by atoms with van der Waals surface area (Å²) < 4.78 is 4.86. The first-order valence-corrected chi connectivity index (χ1v) is 21.0. The molecule has 0 saturated heterocycles. The fourth-order valence-corrected chi connectivity index (χ4v) is 10.1. The Bertz CT molecular complexity index is 3520. The Labute approximate surface area is 350 Å². The third kappa shape index (κ3) is 5.63. The SMILES string of the molecule is c1ccc(-c2ccc3c(c2)c2c4ccccc4c(-c4ccccc4)cc2n3-c2ccc3c(c2)sc2cccc(-c4nc(-c5ccccc5)nc(-c5ccccc5)n4)c23)cc1. The van der Waals surface area contributed by atoms with Crippen LogP contribution in [0.2, 0.25) is 0 Å². The van der Waals surface area contributed by atoms with Crippen LogP contribution in [0.3, 0.4) is 0 Å². The normalized spacial score (nSPS) is 11.7. The van der Waals surface area contributed by atoms with Gasteiger partial charge < -0.3 is 4.57 Å². The van der Waals surface area contributed by atoms with Crippen molar-refractivity contribution in [3.8, 4) is 62.1 Å². The van der Waals surface area contributed by atoms with Gasteiger partial charge in [-0.2, -0.15) is 0 Å². The summed E-state index contributed by atoms with van der Waals surface area (Å²) in [5, 5.41) is 7.32. The molecule has 0 unspecified atom stereocenters. The van der Waals surface area contributed by atoms with E-state index in [1.165, 1.54) is 69.6 Å². The molecule has 0 fully saturated rings. The third-order valence-electron chi connectivity index (χ3n) is 11.6. The van der Waals surface area contributed by atoms with Crippen molar-refractivity contribution in [2.75, 3.05) is 0 Å². The molecule has 0 N–H and O–H groups in total. The molecule has 3 heterocycles. The predicted molar refractivity (Wildman–Crippen MR) is 252 cm³/mol. The largest absolute Gasteiger partial charge is 0.309 e. The van der Waals surface area contributed by atoms with Crippen LogP contribution in [0.25, 0.3) is 115 Å². The molecule has 12 rings (SSSR count). The summed E-state index contributed by atoms with van der Waals surface area (Å²) in [6, 6.07) is 73.4. The van der Waals surface area contributed by atoms with Crippen LogP contribution in [0.15, 0.2) is 206 Å². The summed E-state index contributed by atoms with van der Waals surface area (Å²) in [5.41, 5.74) is 11.2. The van der Waals surface area contributed by atoms with Crippen LogP contribution >= 0.6 is 11.3 Å². The van der Waals surface area contributed by atoms with Crippen LogP contribution < -0.4 is 0 Å². The number of rotatable bonds is 6. The van der Waals surface area contributed by atoms with Gasteiger partial charge in [0.15, 0.2) is 17.5 Å². The minimum absolute atomic E-state index is 0.655. The van der Waals surface area contributed by atoms with Crippen molar-refractivity contribution in [1.29, 1.82) is 0 Å². The summed E-state index contributed by atoms with van der Waals surface area (Å²) in [7, 11) is 0. The second kappa shape index (κ2) is 14.0. The smallest absolute Gasteiger partial charge is 0.164 e. The van der Waals surface area contributed by atoms with Gasteiger partial charge in [0.1, 0.15) is 0 Å². The lowest BCUT2D eigenvalue weighted by Gasteiger charge is -2.12. The molecule has 0 bridgehead atoms. The molecule has 0 aliphatic rings. The molecule has 0 amide bonds. The monoisotopic (exact) mass is 782 g/mol. The van der Waals surface area contributed by atoms with Crippen LogP contribution in [-0.4, -0.2) is 19.5 Å². The molecule has 0 saturated carbocycles. The number of aromatic nitrogens is 4. The first kappa shape index (κ1) is 34.3. The second-order valence-electron chi connectivity index (χ2n) is 15.2. The highest BCUT2D eigenvalue weighted by Gasteiger charge is 2.21. The molecular weight excluding hydrogens is 749 g/mol. The zero-order valence-electron chi connectivity index (χ0n) is 32.3. The number of nitrogens with zero attached hydrogens (tertiary/aromatic N) is 4. The van der Waals surface area contributed by atoms with Gasteiger partial charge in [0.25, 0.3) is 0 Å². The third-order valence-corrected chi connectivity index (χ3v) is 12.8. The average molecular weight is 783 g/mol. The topological polar surface area (TPSA) is 43.6 Å².